The molecule has 0 bridgehead atoms. The number of rotatable bonds is 2. The molecule has 0 radical (unpaired) electrons. The minimum atomic E-state index is 0.767. The lowest BCUT2D eigenvalue weighted by Crippen LogP contribution is -2.36. The van der Waals surface area contributed by atoms with Crippen LogP contribution in [0.3, 0.4) is 0 Å². The number of ether oxygens (including phenoxy) is 1. The topological polar surface area (TPSA) is 42.7 Å². The van der Waals surface area contributed by atoms with Gasteiger partial charge in [-0.05, 0) is 12.1 Å². The van der Waals surface area contributed by atoms with Crippen molar-refractivity contribution in [1.82, 2.24) is 14.6 Å². The first-order chi connectivity index (χ1) is 8.38. The van der Waals surface area contributed by atoms with Gasteiger partial charge in [-0.2, -0.15) is 5.10 Å². The van der Waals surface area contributed by atoms with Gasteiger partial charge in [0.1, 0.15) is 0 Å². The Labute approximate surface area is 99.3 Å². The SMILES string of the molecule is C=Cc1cn2nccc(N3CCOCC3)c2n1. The molecule has 0 aromatic carbocycles. The van der Waals surface area contributed by atoms with Crippen LogP contribution in [0.5, 0.6) is 0 Å². The first kappa shape index (κ1) is 10.3. The molecule has 0 amide bonds. The molecule has 0 atom stereocenters. The van der Waals surface area contributed by atoms with Gasteiger partial charge >= 0.3 is 0 Å². The molecule has 17 heavy (non-hydrogen) atoms. The van der Waals surface area contributed by atoms with Crippen LogP contribution in [0.15, 0.2) is 25.0 Å². The first-order valence-corrected chi connectivity index (χ1v) is 5.68. The first-order valence-electron chi connectivity index (χ1n) is 5.68. The van der Waals surface area contributed by atoms with Crippen molar-refractivity contribution in [2.24, 2.45) is 0 Å². The fourth-order valence-corrected chi connectivity index (χ4v) is 2.05. The molecule has 5 heteroatoms. The standard InChI is InChI=1S/C12H14N4O/c1-2-10-9-16-12(14-10)11(3-4-13-16)15-5-7-17-8-6-15/h2-4,9H,1,5-8H2. The highest BCUT2D eigenvalue weighted by Crippen LogP contribution is 2.21. The smallest absolute Gasteiger partial charge is 0.177 e. The van der Waals surface area contributed by atoms with Crippen LogP contribution in [0.2, 0.25) is 0 Å². The molecule has 3 rings (SSSR count). The number of morpholine rings is 1. The number of hydrogen-bond acceptors (Lipinski definition) is 4. The highest BCUT2D eigenvalue weighted by molar-refractivity contribution is 5.69. The predicted molar refractivity (Wildman–Crippen MR) is 66.1 cm³/mol. The zero-order chi connectivity index (χ0) is 11.7. The lowest BCUT2D eigenvalue weighted by Gasteiger charge is -2.28. The van der Waals surface area contributed by atoms with Crippen LogP contribution >= 0.6 is 0 Å². The van der Waals surface area contributed by atoms with E-state index in [2.05, 4.69) is 21.6 Å². The van der Waals surface area contributed by atoms with Crippen LogP contribution in [-0.2, 0) is 4.74 Å². The molecule has 0 saturated carbocycles. The monoisotopic (exact) mass is 230 g/mol. The van der Waals surface area contributed by atoms with Gasteiger partial charge in [0.2, 0.25) is 0 Å². The Bertz CT molecular complexity index is 542. The van der Waals surface area contributed by atoms with E-state index < -0.39 is 0 Å². The molecule has 1 aliphatic heterocycles. The summed E-state index contributed by atoms with van der Waals surface area (Å²) >= 11 is 0. The molecule has 1 fully saturated rings. The molecular weight excluding hydrogens is 216 g/mol. The maximum atomic E-state index is 5.36. The van der Waals surface area contributed by atoms with Crippen molar-refractivity contribution in [3.8, 4) is 0 Å². The number of hydrogen-bond donors (Lipinski definition) is 0. The van der Waals surface area contributed by atoms with Crippen LogP contribution in [0, 0.1) is 0 Å². The number of nitrogens with zero attached hydrogens (tertiary/aromatic N) is 4. The largest absolute Gasteiger partial charge is 0.378 e. The van der Waals surface area contributed by atoms with Gasteiger partial charge in [-0.3, -0.25) is 0 Å². The van der Waals surface area contributed by atoms with Crippen LogP contribution in [-0.4, -0.2) is 40.9 Å². The van der Waals surface area contributed by atoms with Crippen LogP contribution in [0.4, 0.5) is 5.69 Å². The van der Waals surface area contributed by atoms with Gasteiger partial charge in [-0.25, -0.2) is 9.50 Å². The predicted octanol–water partition coefficient (Wildman–Crippen LogP) is 1.21. The van der Waals surface area contributed by atoms with E-state index >= 15 is 0 Å². The van der Waals surface area contributed by atoms with E-state index in [1.807, 2.05) is 12.3 Å². The third-order valence-electron chi connectivity index (χ3n) is 2.92. The molecule has 5 nitrogen and oxygen atoms in total. The van der Waals surface area contributed by atoms with Gasteiger partial charge in [0.25, 0.3) is 0 Å². The molecule has 0 spiro atoms. The molecule has 2 aromatic rings. The summed E-state index contributed by atoms with van der Waals surface area (Å²) in [7, 11) is 0. The summed E-state index contributed by atoms with van der Waals surface area (Å²) in [5.74, 6) is 0. The highest BCUT2D eigenvalue weighted by atomic mass is 16.5. The van der Waals surface area contributed by atoms with E-state index in [0.29, 0.717) is 0 Å². The molecule has 0 N–H and O–H groups in total. The minimum absolute atomic E-state index is 0.767. The average Bonchev–Trinajstić information content (AvgIpc) is 2.82. The molecule has 3 heterocycles. The molecular formula is C12H14N4O. The summed E-state index contributed by atoms with van der Waals surface area (Å²) in [6, 6.07) is 2.00. The Balaban J connectivity index is 2.08. The van der Waals surface area contributed by atoms with Crippen molar-refractivity contribution >= 4 is 17.4 Å². The van der Waals surface area contributed by atoms with Crippen molar-refractivity contribution in [3.05, 3.63) is 30.7 Å². The quantitative estimate of drug-likeness (QED) is 0.777. The molecule has 1 saturated heterocycles. The van der Waals surface area contributed by atoms with Crippen LogP contribution in [0.1, 0.15) is 5.69 Å². The van der Waals surface area contributed by atoms with E-state index in [-0.39, 0.29) is 0 Å². The lowest BCUT2D eigenvalue weighted by atomic mass is 10.3. The van der Waals surface area contributed by atoms with E-state index in [1.165, 1.54) is 0 Å². The van der Waals surface area contributed by atoms with Crippen LogP contribution < -0.4 is 4.90 Å². The van der Waals surface area contributed by atoms with Crippen molar-refractivity contribution in [2.75, 3.05) is 31.2 Å². The minimum Gasteiger partial charge on any atom is -0.378 e. The van der Waals surface area contributed by atoms with Crippen molar-refractivity contribution in [3.63, 3.8) is 0 Å². The summed E-state index contributed by atoms with van der Waals surface area (Å²) in [6.45, 7) is 7.06. The Morgan fingerprint density at radius 2 is 2.18 bits per heavy atom. The summed E-state index contributed by atoms with van der Waals surface area (Å²) in [5, 5.41) is 4.25. The second-order valence-corrected chi connectivity index (χ2v) is 3.95. The second kappa shape index (κ2) is 4.18. The maximum Gasteiger partial charge on any atom is 0.177 e. The third-order valence-corrected chi connectivity index (χ3v) is 2.92. The van der Waals surface area contributed by atoms with E-state index in [1.54, 1.807) is 16.8 Å². The Hall–Kier alpha value is -1.88. The van der Waals surface area contributed by atoms with E-state index in [4.69, 9.17) is 4.74 Å². The normalized spacial score (nSPS) is 16.4. The zero-order valence-corrected chi connectivity index (χ0v) is 9.54. The average molecular weight is 230 g/mol. The lowest BCUT2D eigenvalue weighted by molar-refractivity contribution is 0.123. The summed E-state index contributed by atoms with van der Waals surface area (Å²) in [5.41, 5.74) is 2.83. The Morgan fingerprint density at radius 3 is 2.94 bits per heavy atom. The third kappa shape index (κ3) is 1.78. The molecule has 0 aliphatic carbocycles. The van der Waals surface area contributed by atoms with E-state index in [0.717, 1.165) is 43.3 Å². The van der Waals surface area contributed by atoms with Crippen molar-refractivity contribution in [2.45, 2.75) is 0 Å². The van der Waals surface area contributed by atoms with Gasteiger partial charge in [0.05, 0.1) is 37.0 Å². The second-order valence-electron chi connectivity index (χ2n) is 3.95. The Morgan fingerprint density at radius 1 is 1.35 bits per heavy atom. The fourth-order valence-electron chi connectivity index (χ4n) is 2.05. The number of aromatic nitrogens is 3. The summed E-state index contributed by atoms with van der Waals surface area (Å²) in [4.78, 5) is 6.78. The maximum absolute atomic E-state index is 5.36. The van der Waals surface area contributed by atoms with Crippen LogP contribution in [0.25, 0.3) is 11.7 Å². The van der Waals surface area contributed by atoms with Gasteiger partial charge in [-0.15, -0.1) is 0 Å². The van der Waals surface area contributed by atoms with Crippen molar-refractivity contribution in [1.29, 1.82) is 0 Å². The van der Waals surface area contributed by atoms with E-state index in [9.17, 15) is 0 Å². The number of fused-ring (bicyclic) bond motifs is 1. The number of imidazole rings is 1. The molecule has 88 valence electrons. The molecule has 1 aliphatic rings. The van der Waals surface area contributed by atoms with Crippen molar-refractivity contribution < 1.29 is 4.74 Å². The zero-order valence-electron chi connectivity index (χ0n) is 9.54. The Kier molecular flexibility index (Phi) is 2.53. The van der Waals surface area contributed by atoms with Gasteiger partial charge < -0.3 is 9.64 Å². The summed E-state index contributed by atoms with van der Waals surface area (Å²) in [6.07, 6.45) is 5.41. The highest BCUT2D eigenvalue weighted by Gasteiger charge is 2.15. The fraction of sp³-hybridized carbons (Fsp3) is 0.333. The van der Waals surface area contributed by atoms with Gasteiger partial charge in [0, 0.05) is 13.1 Å². The molecule has 0 unspecified atom stereocenters. The molecule has 2 aromatic heterocycles. The van der Waals surface area contributed by atoms with Gasteiger partial charge in [0.15, 0.2) is 5.65 Å². The number of anilines is 1. The summed E-state index contributed by atoms with van der Waals surface area (Å²) < 4.78 is 7.15. The van der Waals surface area contributed by atoms with Gasteiger partial charge in [-0.1, -0.05) is 6.58 Å².